The number of nitrogens with zero attached hydrogens (tertiary/aromatic N) is 2. The predicted octanol–water partition coefficient (Wildman–Crippen LogP) is 1.07. The highest BCUT2D eigenvalue weighted by molar-refractivity contribution is 7.89. The molecule has 0 aliphatic carbocycles. The molecule has 1 aromatic rings. The van der Waals surface area contributed by atoms with E-state index in [1.54, 1.807) is 12.1 Å². The molecular weight excluding hydrogens is 376 g/mol. The first-order chi connectivity index (χ1) is 12.1. The van der Waals surface area contributed by atoms with Gasteiger partial charge in [-0.3, -0.25) is 0 Å². The van der Waals surface area contributed by atoms with E-state index in [0.717, 1.165) is 19.1 Å². The molecule has 1 atom stereocenters. The summed E-state index contributed by atoms with van der Waals surface area (Å²) in [7, 11) is -6.77. The fourth-order valence-corrected chi connectivity index (χ4v) is 5.14. The van der Waals surface area contributed by atoms with Crippen molar-refractivity contribution in [1.29, 1.82) is 0 Å². The Bertz CT molecular complexity index is 786. The van der Waals surface area contributed by atoms with Gasteiger partial charge in [0.25, 0.3) is 0 Å². The van der Waals surface area contributed by atoms with Gasteiger partial charge < -0.3 is 4.90 Å². The van der Waals surface area contributed by atoms with Crippen molar-refractivity contribution in [3.05, 3.63) is 18.3 Å². The van der Waals surface area contributed by atoms with Gasteiger partial charge in [0, 0.05) is 31.4 Å². The second-order valence-electron chi connectivity index (χ2n) is 6.81. The molecule has 0 aromatic carbocycles. The Kier molecular flexibility index (Phi) is 7.00. The maximum absolute atomic E-state index is 12.4. The molecule has 0 bridgehead atoms. The van der Waals surface area contributed by atoms with Crippen LogP contribution in [0.2, 0.25) is 0 Å². The Morgan fingerprint density at radius 3 is 2.38 bits per heavy atom. The summed E-state index contributed by atoms with van der Waals surface area (Å²) in [6.07, 6.45) is 5.59. The van der Waals surface area contributed by atoms with Gasteiger partial charge in [-0.25, -0.2) is 31.3 Å². The van der Waals surface area contributed by atoms with Gasteiger partial charge in [-0.1, -0.05) is 13.3 Å². The topological polar surface area (TPSA) is 108 Å². The average Bonchev–Trinajstić information content (AvgIpc) is 2.54. The van der Waals surface area contributed by atoms with Crippen LogP contribution in [0, 0.1) is 0 Å². The van der Waals surface area contributed by atoms with Crippen LogP contribution in [-0.4, -0.2) is 53.2 Å². The van der Waals surface area contributed by atoms with Crippen molar-refractivity contribution in [1.82, 2.24) is 14.4 Å². The zero-order valence-electron chi connectivity index (χ0n) is 15.5. The van der Waals surface area contributed by atoms with Crippen molar-refractivity contribution in [3.63, 3.8) is 0 Å². The molecule has 10 heteroatoms. The maximum atomic E-state index is 12.4. The second-order valence-corrected chi connectivity index (χ2v) is 10.3. The molecule has 1 fully saturated rings. The lowest BCUT2D eigenvalue weighted by atomic mass is 10.1. The molecule has 2 N–H and O–H groups in total. The number of hydrogen-bond donors (Lipinski definition) is 2. The molecule has 26 heavy (non-hydrogen) atoms. The molecule has 2 rings (SSSR count). The number of hydrogen-bond acceptors (Lipinski definition) is 6. The third kappa shape index (κ3) is 6.19. The Morgan fingerprint density at radius 1 is 1.23 bits per heavy atom. The highest BCUT2D eigenvalue weighted by atomic mass is 32.2. The van der Waals surface area contributed by atoms with Crippen LogP contribution in [0.4, 0.5) is 5.82 Å². The fraction of sp³-hybridized carbons (Fsp3) is 0.688. The molecule has 0 saturated carbocycles. The monoisotopic (exact) mass is 404 g/mol. The van der Waals surface area contributed by atoms with E-state index >= 15 is 0 Å². The van der Waals surface area contributed by atoms with Gasteiger partial charge in [-0.15, -0.1) is 0 Å². The number of aromatic nitrogens is 1. The first-order valence-electron chi connectivity index (χ1n) is 8.81. The van der Waals surface area contributed by atoms with E-state index in [-0.39, 0.29) is 17.0 Å². The molecule has 1 aliphatic rings. The Morgan fingerprint density at radius 2 is 1.88 bits per heavy atom. The number of pyridine rings is 1. The fourth-order valence-electron chi connectivity index (χ4n) is 3.07. The summed E-state index contributed by atoms with van der Waals surface area (Å²) >= 11 is 0. The highest BCUT2D eigenvalue weighted by Gasteiger charge is 2.23. The zero-order chi connectivity index (χ0) is 19.4. The minimum atomic E-state index is -3.57. The first kappa shape index (κ1) is 21.1. The summed E-state index contributed by atoms with van der Waals surface area (Å²) in [5.74, 6) is 0.698. The van der Waals surface area contributed by atoms with Gasteiger partial charge in [0.2, 0.25) is 20.0 Å². The number of rotatable bonds is 8. The molecule has 0 radical (unpaired) electrons. The first-order valence-corrected chi connectivity index (χ1v) is 12.2. The van der Waals surface area contributed by atoms with Gasteiger partial charge in [0.15, 0.2) is 0 Å². The molecule has 8 nitrogen and oxygen atoms in total. The van der Waals surface area contributed by atoms with Crippen LogP contribution in [-0.2, 0) is 20.0 Å². The van der Waals surface area contributed by atoms with Crippen molar-refractivity contribution in [2.24, 2.45) is 0 Å². The summed E-state index contributed by atoms with van der Waals surface area (Å²) in [6.45, 7) is 5.18. The van der Waals surface area contributed by atoms with Crippen molar-refractivity contribution >= 4 is 25.9 Å². The maximum Gasteiger partial charge on any atom is 0.242 e. The predicted molar refractivity (Wildman–Crippen MR) is 102 cm³/mol. The molecule has 1 aromatic heterocycles. The number of sulfonamides is 2. The molecule has 1 saturated heterocycles. The van der Waals surface area contributed by atoms with Crippen LogP contribution >= 0.6 is 0 Å². The highest BCUT2D eigenvalue weighted by Crippen LogP contribution is 2.20. The van der Waals surface area contributed by atoms with Crippen LogP contribution in [0.5, 0.6) is 0 Å². The van der Waals surface area contributed by atoms with E-state index in [1.807, 2.05) is 18.7 Å². The molecular formula is C16H28N4O4S2. The molecule has 1 aliphatic heterocycles. The van der Waals surface area contributed by atoms with E-state index in [1.165, 1.54) is 6.20 Å². The summed E-state index contributed by atoms with van der Waals surface area (Å²) < 4.78 is 52.6. The van der Waals surface area contributed by atoms with E-state index in [4.69, 9.17) is 0 Å². The van der Waals surface area contributed by atoms with Crippen LogP contribution in [0.1, 0.15) is 39.5 Å². The Hall–Kier alpha value is -1.23. The smallest absolute Gasteiger partial charge is 0.242 e. The van der Waals surface area contributed by atoms with Gasteiger partial charge in [-0.05, 0) is 38.3 Å². The molecule has 1 unspecified atom stereocenters. The van der Waals surface area contributed by atoms with Crippen molar-refractivity contribution in [2.75, 3.05) is 24.2 Å². The zero-order valence-corrected chi connectivity index (χ0v) is 17.1. The third-order valence-electron chi connectivity index (χ3n) is 4.31. The van der Waals surface area contributed by atoms with Crippen molar-refractivity contribution in [3.8, 4) is 0 Å². The molecule has 0 spiro atoms. The molecule has 0 amide bonds. The van der Waals surface area contributed by atoms with Crippen LogP contribution in [0.25, 0.3) is 0 Å². The standard InChI is InChI=1S/C16H28N4O4S2/c1-4-5-13(2)18-26(23,24)15-6-7-16(17-12-15)20-10-8-14(9-11-20)19-25(3,21)22/h6-7,12-14,18-19H,4-5,8-11H2,1-3H3. The Balaban J connectivity index is 1.98. The molecule has 148 valence electrons. The second kappa shape index (κ2) is 8.64. The summed E-state index contributed by atoms with van der Waals surface area (Å²) in [5, 5.41) is 0. The Labute approximate surface area is 156 Å². The van der Waals surface area contributed by atoms with E-state index in [9.17, 15) is 16.8 Å². The number of piperidine rings is 1. The normalized spacial score (nSPS) is 18.0. The van der Waals surface area contributed by atoms with Crippen molar-refractivity contribution < 1.29 is 16.8 Å². The average molecular weight is 405 g/mol. The van der Waals surface area contributed by atoms with Crippen LogP contribution in [0.3, 0.4) is 0 Å². The number of nitrogens with one attached hydrogen (secondary N) is 2. The largest absolute Gasteiger partial charge is 0.357 e. The minimum Gasteiger partial charge on any atom is -0.357 e. The lowest BCUT2D eigenvalue weighted by Gasteiger charge is -2.32. The van der Waals surface area contributed by atoms with Crippen LogP contribution in [0.15, 0.2) is 23.2 Å². The summed E-state index contributed by atoms with van der Waals surface area (Å²) in [5.41, 5.74) is 0. The SMILES string of the molecule is CCCC(C)NS(=O)(=O)c1ccc(N2CCC(NS(C)(=O)=O)CC2)nc1. The van der Waals surface area contributed by atoms with Gasteiger partial charge >= 0.3 is 0 Å². The van der Waals surface area contributed by atoms with E-state index < -0.39 is 20.0 Å². The summed E-state index contributed by atoms with van der Waals surface area (Å²) in [6, 6.07) is 3.07. The van der Waals surface area contributed by atoms with E-state index in [2.05, 4.69) is 14.4 Å². The van der Waals surface area contributed by atoms with E-state index in [0.29, 0.717) is 31.7 Å². The number of anilines is 1. The quantitative estimate of drug-likeness (QED) is 0.671. The van der Waals surface area contributed by atoms with Crippen LogP contribution < -0.4 is 14.3 Å². The van der Waals surface area contributed by atoms with Gasteiger partial charge in [0.1, 0.15) is 10.7 Å². The van der Waals surface area contributed by atoms with Crippen molar-refractivity contribution in [2.45, 2.75) is 56.5 Å². The van der Waals surface area contributed by atoms with Gasteiger partial charge in [-0.2, -0.15) is 0 Å². The summed E-state index contributed by atoms with van der Waals surface area (Å²) in [4.78, 5) is 6.47. The molecule has 2 heterocycles. The van der Waals surface area contributed by atoms with Gasteiger partial charge in [0.05, 0.1) is 6.26 Å². The third-order valence-corrected chi connectivity index (χ3v) is 6.65. The lowest BCUT2D eigenvalue weighted by Crippen LogP contribution is -2.44. The lowest BCUT2D eigenvalue weighted by molar-refractivity contribution is 0.460. The minimum absolute atomic E-state index is 0.0647.